The summed E-state index contributed by atoms with van der Waals surface area (Å²) in [6.07, 6.45) is 0.361. The number of rotatable bonds is 4. The number of hydrogen-bond acceptors (Lipinski definition) is 2. The second-order valence-corrected chi connectivity index (χ2v) is 6.30. The lowest BCUT2D eigenvalue weighted by atomic mass is 9.88. The van der Waals surface area contributed by atoms with Crippen molar-refractivity contribution in [3.05, 3.63) is 0 Å². The lowest BCUT2D eigenvalue weighted by Gasteiger charge is -2.30. The molecule has 0 N–H and O–H groups in total. The Labute approximate surface area is 80.4 Å². The van der Waals surface area contributed by atoms with E-state index in [1.54, 1.807) is 0 Å². The van der Waals surface area contributed by atoms with Crippen molar-refractivity contribution in [1.82, 2.24) is 0 Å². The molecular formula is C9H20FO2P. The molecular weight excluding hydrogens is 190 g/mol. The maximum Gasteiger partial charge on any atom is 0.367 e. The van der Waals surface area contributed by atoms with E-state index in [1.165, 1.54) is 6.92 Å². The van der Waals surface area contributed by atoms with E-state index < -0.39 is 7.68 Å². The second kappa shape index (κ2) is 4.56. The first-order valence-corrected chi connectivity index (χ1v) is 6.40. The molecule has 0 fully saturated rings. The molecule has 13 heavy (non-hydrogen) atoms. The molecule has 0 aliphatic rings. The number of hydrogen-bond donors (Lipinski definition) is 0. The van der Waals surface area contributed by atoms with E-state index in [2.05, 4.69) is 0 Å². The second-order valence-electron chi connectivity index (χ2n) is 4.27. The third-order valence-electron chi connectivity index (χ3n) is 2.00. The highest BCUT2D eigenvalue weighted by molar-refractivity contribution is 7.53. The number of halogens is 1. The van der Waals surface area contributed by atoms with Crippen LogP contribution >= 0.6 is 7.68 Å². The van der Waals surface area contributed by atoms with Gasteiger partial charge in [-0.2, -0.15) is 4.20 Å². The van der Waals surface area contributed by atoms with E-state index in [-0.39, 0.29) is 17.7 Å². The quantitative estimate of drug-likeness (QED) is 0.655. The average Bonchev–Trinajstić information content (AvgIpc) is 1.98. The van der Waals surface area contributed by atoms with E-state index in [0.29, 0.717) is 6.42 Å². The van der Waals surface area contributed by atoms with Gasteiger partial charge in [-0.25, -0.2) is 0 Å². The Bertz CT molecular complexity index is 198. The topological polar surface area (TPSA) is 26.3 Å². The first-order chi connectivity index (χ1) is 5.73. The fraction of sp³-hybridized carbons (Fsp3) is 1.00. The normalized spacial score (nSPS) is 19.5. The molecule has 2 atom stereocenters. The Kier molecular flexibility index (Phi) is 4.61. The van der Waals surface area contributed by atoms with Crippen LogP contribution in [0.25, 0.3) is 0 Å². The summed E-state index contributed by atoms with van der Waals surface area (Å²) in [5.41, 5.74) is -0.161. The molecule has 4 heteroatoms. The molecule has 0 aromatic rings. The minimum absolute atomic E-state index is 0.0421. The maximum absolute atomic E-state index is 13.1. The van der Waals surface area contributed by atoms with Gasteiger partial charge in [0, 0.05) is 0 Å². The third kappa shape index (κ3) is 4.78. The summed E-state index contributed by atoms with van der Waals surface area (Å²) in [5.74, 6) is 0. The lowest BCUT2D eigenvalue weighted by molar-refractivity contribution is 0.0781. The smallest absolute Gasteiger partial charge is 0.302 e. The summed E-state index contributed by atoms with van der Waals surface area (Å²) < 4.78 is 29.2. The Hall–Kier alpha value is 0.120. The van der Waals surface area contributed by atoms with Crippen molar-refractivity contribution in [2.24, 2.45) is 5.41 Å². The predicted octanol–water partition coefficient (Wildman–Crippen LogP) is 4.01. The predicted molar refractivity (Wildman–Crippen MR) is 53.9 cm³/mol. The molecule has 0 saturated heterocycles. The van der Waals surface area contributed by atoms with Gasteiger partial charge in [0.1, 0.15) is 0 Å². The molecule has 0 heterocycles. The van der Waals surface area contributed by atoms with E-state index in [4.69, 9.17) is 4.52 Å². The van der Waals surface area contributed by atoms with Crippen molar-refractivity contribution in [3.8, 4) is 0 Å². The van der Waals surface area contributed by atoms with Crippen LogP contribution in [0.4, 0.5) is 4.20 Å². The zero-order valence-electron chi connectivity index (χ0n) is 9.13. The molecule has 2 nitrogen and oxygen atoms in total. The van der Waals surface area contributed by atoms with Crippen molar-refractivity contribution in [2.45, 2.75) is 47.1 Å². The zero-order chi connectivity index (χ0) is 10.7. The first kappa shape index (κ1) is 13.1. The van der Waals surface area contributed by atoms with E-state index in [9.17, 15) is 8.76 Å². The van der Waals surface area contributed by atoms with Gasteiger partial charge in [-0.05, 0) is 11.8 Å². The molecule has 0 saturated carbocycles. The Morgan fingerprint density at radius 2 is 1.85 bits per heavy atom. The molecule has 0 aromatic heterocycles. The summed E-state index contributed by atoms with van der Waals surface area (Å²) in [6.45, 7) is 9.31. The van der Waals surface area contributed by atoms with E-state index in [0.717, 1.165) is 0 Å². The standard InChI is InChI=1S/C9H20FO2P/c1-6-8(9(3,4)5)12-13(10,11)7-2/h8H,6-7H2,1-5H3. The van der Waals surface area contributed by atoms with Crippen molar-refractivity contribution in [2.75, 3.05) is 6.16 Å². The zero-order valence-corrected chi connectivity index (χ0v) is 10.0. The van der Waals surface area contributed by atoms with Gasteiger partial charge in [-0.3, -0.25) is 4.57 Å². The summed E-state index contributed by atoms with van der Waals surface area (Å²) in [5, 5.41) is 0. The first-order valence-electron chi connectivity index (χ1n) is 4.70. The molecule has 0 bridgehead atoms. The monoisotopic (exact) mass is 210 g/mol. The molecule has 0 amide bonds. The summed E-state index contributed by atoms with van der Waals surface area (Å²) in [4.78, 5) is 0. The molecule has 2 unspecified atom stereocenters. The van der Waals surface area contributed by atoms with Crippen molar-refractivity contribution >= 4 is 7.68 Å². The fourth-order valence-electron chi connectivity index (χ4n) is 1.11. The van der Waals surface area contributed by atoms with Gasteiger partial charge in [0.2, 0.25) is 0 Å². The van der Waals surface area contributed by atoms with Crippen molar-refractivity contribution in [1.29, 1.82) is 0 Å². The highest BCUT2D eigenvalue weighted by Gasteiger charge is 2.31. The third-order valence-corrected chi connectivity index (χ3v) is 3.32. The molecule has 0 aromatic carbocycles. The summed E-state index contributed by atoms with van der Waals surface area (Å²) >= 11 is 0. The minimum atomic E-state index is -3.84. The largest absolute Gasteiger partial charge is 0.367 e. The maximum atomic E-state index is 13.1. The minimum Gasteiger partial charge on any atom is -0.302 e. The molecule has 0 aliphatic carbocycles. The van der Waals surface area contributed by atoms with Crippen molar-refractivity contribution < 1.29 is 13.3 Å². The Balaban J connectivity index is 4.39. The fourth-order valence-corrected chi connectivity index (χ4v) is 2.10. The van der Waals surface area contributed by atoms with Gasteiger partial charge < -0.3 is 4.52 Å². The van der Waals surface area contributed by atoms with Crippen molar-refractivity contribution in [3.63, 3.8) is 0 Å². The highest BCUT2D eigenvalue weighted by atomic mass is 31.2. The van der Waals surface area contributed by atoms with Crippen LogP contribution in [0.5, 0.6) is 0 Å². The molecule has 0 radical (unpaired) electrons. The molecule has 0 aliphatic heterocycles. The lowest BCUT2D eigenvalue weighted by Crippen LogP contribution is -2.27. The van der Waals surface area contributed by atoms with Crippen LogP contribution in [0.15, 0.2) is 0 Å². The molecule has 80 valence electrons. The highest BCUT2D eigenvalue weighted by Crippen LogP contribution is 2.51. The van der Waals surface area contributed by atoms with E-state index in [1.807, 2.05) is 27.7 Å². The van der Waals surface area contributed by atoms with Gasteiger partial charge in [-0.15, -0.1) is 0 Å². The summed E-state index contributed by atoms with van der Waals surface area (Å²) in [6, 6.07) is 0. The van der Waals surface area contributed by atoms with Crippen LogP contribution in [0, 0.1) is 5.41 Å². The molecule has 0 rings (SSSR count). The van der Waals surface area contributed by atoms with Crippen LogP contribution < -0.4 is 0 Å². The summed E-state index contributed by atoms with van der Waals surface area (Å²) in [7, 11) is -3.84. The van der Waals surface area contributed by atoms with Gasteiger partial charge in [0.05, 0.1) is 12.3 Å². The van der Waals surface area contributed by atoms with Crippen LogP contribution in [0.1, 0.15) is 41.0 Å². The van der Waals surface area contributed by atoms with Crippen LogP contribution in [-0.4, -0.2) is 12.3 Å². The average molecular weight is 210 g/mol. The van der Waals surface area contributed by atoms with Crippen LogP contribution in [0.2, 0.25) is 0 Å². The Morgan fingerprint density at radius 1 is 1.38 bits per heavy atom. The molecule has 0 spiro atoms. The van der Waals surface area contributed by atoms with Gasteiger partial charge >= 0.3 is 7.68 Å². The SMILES string of the molecule is CCC(OP(=O)(F)CC)C(C)(C)C. The van der Waals surface area contributed by atoms with Crippen LogP contribution in [-0.2, 0) is 9.09 Å². The van der Waals surface area contributed by atoms with Gasteiger partial charge in [0.25, 0.3) is 0 Å². The van der Waals surface area contributed by atoms with Gasteiger partial charge in [-0.1, -0.05) is 34.6 Å². The van der Waals surface area contributed by atoms with Gasteiger partial charge in [0.15, 0.2) is 0 Å². The van der Waals surface area contributed by atoms with Crippen LogP contribution in [0.3, 0.4) is 0 Å². The Morgan fingerprint density at radius 3 is 2.08 bits per heavy atom. The van der Waals surface area contributed by atoms with E-state index >= 15 is 0 Å².